The van der Waals surface area contributed by atoms with Crippen LogP contribution in [0.2, 0.25) is 0 Å². The first-order valence-electron chi connectivity index (χ1n) is 10.3. The van der Waals surface area contributed by atoms with Crippen molar-refractivity contribution in [3.63, 3.8) is 0 Å². The minimum Gasteiger partial charge on any atom is -0.480 e. The van der Waals surface area contributed by atoms with E-state index in [1.54, 1.807) is 25.1 Å². The fourth-order valence-corrected chi connectivity index (χ4v) is 4.07. The molecule has 31 heavy (non-hydrogen) atoms. The zero-order chi connectivity index (χ0) is 22.4. The van der Waals surface area contributed by atoms with E-state index in [1.807, 2.05) is 42.7 Å². The molecule has 0 aliphatic heterocycles. The summed E-state index contributed by atoms with van der Waals surface area (Å²) in [6, 6.07) is 14.1. The highest BCUT2D eigenvalue weighted by atomic mass is 32.2. The molecule has 1 atom stereocenters. The van der Waals surface area contributed by atoms with Gasteiger partial charge in [0.1, 0.15) is 0 Å². The summed E-state index contributed by atoms with van der Waals surface area (Å²) in [6.07, 6.45) is 0.334. The van der Waals surface area contributed by atoms with Gasteiger partial charge in [0.25, 0.3) is 0 Å². The largest absolute Gasteiger partial charge is 0.480 e. The van der Waals surface area contributed by atoms with Crippen molar-refractivity contribution in [2.24, 2.45) is 0 Å². The molecule has 1 unspecified atom stereocenters. The van der Waals surface area contributed by atoms with Gasteiger partial charge in [0.05, 0.1) is 5.75 Å². The van der Waals surface area contributed by atoms with Gasteiger partial charge in [-0.05, 0) is 51.0 Å². The van der Waals surface area contributed by atoms with Gasteiger partial charge in [0.2, 0.25) is 5.91 Å². The highest BCUT2D eigenvalue weighted by molar-refractivity contribution is 7.99. The second-order valence-corrected chi connectivity index (χ2v) is 8.29. The first kappa shape index (κ1) is 22.8. The summed E-state index contributed by atoms with van der Waals surface area (Å²) in [7, 11) is 0. The summed E-state index contributed by atoms with van der Waals surface area (Å²) in [5.41, 5.74) is 1.92. The number of carbonyl (C=O) groups excluding carboxylic acids is 1. The number of hydrogen-bond acceptors (Lipinski definition) is 5. The minimum absolute atomic E-state index is 0.0445. The number of halogens is 1. The maximum absolute atomic E-state index is 14.0. The number of ether oxygens (including phenoxy) is 1. The highest BCUT2D eigenvalue weighted by Gasteiger charge is 2.23. The molecule has 0 saturated heterocycles. The summed E-state index contributed by atoms with van der Waals surface area (Å²) in [5, 5.41) is 12.1. The van der Waals surface area contributed by atoms with Gasteiger partial charge in [-0.15, -0.1) is 10.2 Å². The summed E-state index contributed by atoms with van der Waals surface area (Å²) < 4.78 is 21.7. The van der Waals surface area contributed by atoms with E-state index >= 15 is 0 Å². The van der Waals surface area contributed by atoms with Gasteiger partial charge in [-0.2, -0.15) is 0 Å². The molecule has 2 aromatic carbocycles. The molecule has 6 nitrogen and oxygen atoms in total. The molecule has 0 aliphatic rings. The number of benzene rings is 2. The van der Waals surface area contributed by atoms with Crippen LogP contribution in [0.5, 0.6) is 5.75 Å². The lowest BCUT2D eigenvalue weighted by Gasteiger charge is -2.19. The number of para-hydroxylation sites is 2. The van der Waals surface area contributed by atoms with Gasteiger partial charge in [-0.1, -0.05) is 49.0 Å². The van der Waals surface area contributed by atoms with E-state index < -0.39 is 11.9 Å². The maximum atomic E-state index is 14.0. The molecule has 1 aromatic heterocycles. The molecule has 0 saturated carbocycles. The van der Waals surface area contributed by atoms with Crippen molar-refractivity contribution in [2.75, 3.05) is 11.1 Å². The van der Waals surface area contributed by atoms with Crippen LogP contribution < -0.4 is 10.1 Å². The summed E-state index contributed by atoms with van der Waals surface area (Å²) in [5.74, 6) is 0.407. The van der Waals surface area contributed by atoms with Crippen LogP contribution in [0.3, 0.4) is 0 Å². The van der Waals surface area contributed by atoms with E-state index in [9.17, 15) is 9.18 Å². The van der Waals surface area contributed by atoms with E-state index in [0.717, 1.165) is 17.7 Å². The normalized spacial score (nSPS) is 12.1. The van der Waals surface area contributed by atoms with Crippen molar-refractivity contribution in [3.05, 3.63) is 65.7 Å². The second kappa shape index (κ2) is 10.4. The lowest BCUT2D eigenvalue weighted by Crippen LogP contribution is -2.17. The average Bonchev–Trinajstić information content (AvgIpc) is 3.19. The fourth-order valence-electron chi connectivity index (χ4n) is 3.20. The van der Waals surface area contributed by atoms with Crippen LogP contribution in [0.4, 0.5) is 10.1 Å². The third kappa shape index (κ3) is 5.64. The van der Waals surface area contributed by atoms with Crippen molar-refractivity contribution in [1.82, 2.24) is 14.8 Å². The Morgan fingerprint density at radius 1 is 1.13 bits per heavy atom. The minimum atomic E-state index is -0.508. The fraction of sp³-hybridized carbons (Fsp3) is 0.348. The van der Waals surface area contributed by atoms with Crippen molar-refractivity contribution in [1.29, 1.82) is 0 Å². The number of hydrogen-bond donors (Lipinski definition) is 1. The molecule has 0 aliphatic carbocycles. The average molecular weight is 443 g/mol. The zero-order valence-corrected chi connectivity index (χ0v) is 18.9. The molecule has 0 spiro atoms. The first-order chi connectivity index (χ1) is 14.9. The topological polar surface area (TPSA) is 69.0 Å². The number of rotatable bonds is 9. The van der Waals surface area contributed by atoms with Crippen LogP contribution in [0, 0.1) is 5.82 Å². The Kier molecular flexibility index (Phi) is 7.68. The Bertz CT molecular complexity index is 1040. The van der Waals surface area contributed by atoms with E-state index in [-0.39, 0.29) is 23.5 Å². The molecule has 164 valence electrons. The number of carbonyl (C=O) groups is 1. The molecule has 0 radical (unpaired) electrons. The molecular weight excluding hydrogens is 415 g/mol. The van der Waals surface area contributed by atoms with Crippen LogP contribution >= 0.6 is 11.8 Å². The monoisotopic (exact) mass is 442 g/mol. The lowest BCUT2D eigenvalue weighted by molar-refractivity contribution is -0.113. The number of aromatic nitrogens is 3. The Balaban J connectivity index is 1.70. The predicted octanol–water partition coefficient (Wildman–Crippen LogP) is 5.43. The Labute approximate surface area is 186 Å². The van der Waals surface area contributed by atoms with Gasteiger partial charge in [0.15, 0.2) is 28.7 Å². The van der Waals surface area contributed by atoms with E-state index in [2.05, 4.69) is 22.4 Å². The number of amides is 1. The third-order valence-electron chi connectivity index (χ3n) is 4.72. The number of anilines is 1. The molecular formula is C23H27FN4O2S. The first-order valence-corrected chi connectivity index (χ1v) is 11.3. The molecule has 0 bridgehead atoms. The van der Waals surface area contributed by atoms with E-state index in [4.69, 9.17) is 4.74 Å². The van der Waals surface area contributed by atoms with Crippen LogP contribution in [0.15, 0.2) is 53.7 Å². The highest BCUT2D eigenvalue weighted by Crippen LogP contribution is 2.28. The predicted molar refractivity (Wildman–Crippen MR) is 121 cm³/mol. The second-order valence-electron chi connectivity index (χ2n) is 7.34. The van der Waals surface area contributed by atoms with Crippen molar-refractivity contribution >= 4 is 23.4 Å². The number of thioether (sulfide) groups is 1. The van der Waals surface area contributed by atoms with Crippen LogP contribution in [-0.2, 0) is 11.2 Å². The molecule has 1 amide bonds. The molecule has 1 heterocycles. The van der Waals surface area contributed by atoms with Crippen LogP contribution in [0.1, 0.15) is 51.2 Å². The van der Waals surface area contributed by atoms with Crippen molar-refractivity contribution in [3.8, 4) is 5.75 Å². The van der Waals surface area contributed by atoms with Crippen LogP contribution in [0.25, 0.3) is 0 Å². The number of nitrogens with one attached hydrogen (secondary N) is 1. The number of aryl methyl sites for hydroxylation is 1. The molecule has 3 aromatic rings. The van der Waals surface area contributed by atoms with Gasteiger partial charge in [-0.3, -0.25) is 4.79 Å². The van der Waals surface area contributed by atoms with Gasteiger partial charge in [0, 0.05) is 11.7 Å². The Morgan fingerprint density at radius 3 is 2.55 bits per heavy atom. The van der Waals surface area contributed by atoms with E-state index in [1.165, 1.54) is 17.8 Å². The van der Waals surface area contributed by atoms with Crippen LogP contribution in [-0.4, -0.2) is 26.4 Å². The molecule has 0 fully saturated rings. The third-order valence-corrected chi connectivity index (χ3v) is 5.66. The number of nitrogens with zero attached hydrogens (tertiary/aromatic N) is 3. The summed E-state index contributed by atoms with van der Waals surface area (Å²) in [6.45, 7) is 7.86. The molecule has 1 N–H and O–H groups in total. The van der Waals surface area contributed by atoms with Gasteiger partial charge < -0.3 is 14.6 Å². The van der Waals surface area contributed by atoms with Gasteiger partial charge >= 0.3 is 0 Å². The van der Waals surface area contributed by atoms with Gasteiger partial charge in [-0.25, -0.2) is 4.39 Å². The Hall–Kier alpha value is -2.87. The lowest BCUT2D eigenvalue weighted by atomic mass is 10.1. The van der Waals surface area contributed by atoms with E-state index in [0.29, 0.717) is 11.0 Å². The quantitative estimate of drug-likeness (QED) is 0.448. The Morgan fingerprint density at radius 2 is 1.84 bits per heavy atom. The standard InChI is InChI=1S/C23H27FN4O2S/c1-5-17-10-6-8-12-19(17)25-21(29)14-31-23-27-26-22(28(23)15(2)3)16(4)30-20-13-9-7-11-18(20)24/h6-13,15-16H,5,14H2,1-4H3,(H,25,29). The molecule has 8 heteroatoms. The summed E-state index contributed by atoms with van der Waals surface area (Å²) >= 11 is 1.31. The zero-order valence-electron chi connectivity index (χ0n) is 18.1. The molecule has 3 rings (SSSR count). The summed E-state index contributed by atoms with van der Waals surface area (Å²) in [4.78, 5) is 12.5. The smallest absolute Gasteiger partial charge is 0.234 e. The van der Waals surface area contributed by atoms with Crippen molar-refractivity contribution in [2.45, 2.75) is 51.4 Å². The maximum Gasteiger partial charge on any atom is 0.234 e. The van der Waals surface area contributed by atoms with Crippen molar-refractivity contribution < 1.29 is 13.9 Å². The SMILES string of the molecule is CCc1ccccc1NC(=O)CSc1nnc(C(C)Oc2ccccc2F)n1C(C)C.